The van der Waals surface area contributed by atoms with Gasteiger partial charge in [-0.1, -0.05) is 37.3 Å². The molecular formula is C15H23N3O2. The minimum Gasteiger partial charge on any atom is -0.353 e. The fraction of sp³-hybridized carbons (Fsp3) is 0.467. The van der Waals surface area contributed by atoms with E-state index in [4.69, 9.17) is 0 Å². The molecule has 0 heterocycles. The van der Waals surface area contributed by atoms with Crippen molar-refractivity contribution >= 4 is 11.8 Å². The Morgan fingerprint density at radius 2 is 1.70 bits per heavy atom. The maximum Gasteiger partial charge on any atom is 0.239 e. The Hall–Kier alpha value is -1.88. The minimum absolute atomic E-state index is 0.0272. The molecule has 0 fully saturated rings. The van der Waals surface area contributed by atoms with Gasteiger partial charge < -0.3 is 16.0 Å². The van der Waals surface area contributed by atoms with E-state index in [-0.39, 0.29) is 18.4 Å². The molecule has 110 valence electrons. The van der Waals surface area contributed by atoms with Crippen LogP contribution >= 0.6 is 0 Å². The molecule has 20 heavy (non-hydrogen) atoms. The zero-order valence-corrected chi connectivity index (χ0v) is 11.9. The molecule has 2 amide bonds. The van der Waals surface area contributed by atoms with Crippen LogP contribution in [0.1, 0.15) is 18.9 Å². The van der Waals surface area contributed by atoms with Crippen LogP contribution in [-0.2, 0) is 16.0 Å². The number of rotatable bonds is 9. The number of hydrogen-bond acceptors (Lipinski definition) is 3. The standard InChI is InChI=1S/C15H23N3O2/c1-2-8-16-9-10-17-15(20)12-18-14(19)11-13-6-4-3-5-7-13/h3-7,16H,2,8-12H2,1H3,(H,17,20)(H,18,19). The highest BCUT2D eigenvalue weighted by atomic mass is 16.2. The first-order valence-electron chi connectivity index (χ1n) is 7.00. The predicted octanol–water partition coefficient (Wildman–Crippen LogP) is 0.461. The van der Waals surface area contributed by atoms with Crippen LogP contribution in [0, 0.1) is 0 Å². The highest BCUT2D eigenvalue weighted by molar-refractivity contribution is 5.85. The summed E-state index contributed by atoms with van der Waals surface area (Å²) in [6.45, 7) is 4.39. The van der Waals surface area contributed by atoms with Crippen molar-refractivity contribution in [3.63, 3.8) is 0 Å². The van der Waals surface area contributed by atoms with Crippen molar-refractivity contribution in [3.8, 4) is 0 Å². The molecule has 0 radical (unpaired) electrons. The molecule has 3 N–H and O–H groups in total. The summed E-state index contributed by atoms with van der Waals surface area (Å²) in [5, 5.41) is 8.54. The summed E-state index contributed by atoms with van der Waals surface area (Å²) >= 11 is 0. The number of amides is 2. The summed E-state index contributed by atoms with van der Waals surface area (Å²) in [5.41, 5.74) is 0.939. The summed E-state index contributed by atoms with van der Waals surface area (Å²) in [4.78, 5) is 23.1. The van der Waals surface area contributed by atoms with E-state index >= 15 is 0 Å². The van der Waals surface area contributed by atoms with Gasteiger partial charge in [-0.05, 0) is 18.5 Å². The van der Waals surface area contributed by atoms with E-state index in [1.165, 1.54) is 0 Å². The van der Waals surface area contributed by atoms with Crippen molar-refractivity contribution in [2.24, 2.45) is 0 Å². The highest BCUT2D eigenvalue weighted by Gasteiger charge is 2.05. The maximum atomic E-state index is 11.6. The zero-order valence-electron chi connectivity index (χ0n) is 11.9. The Bertz CT molecular complexity index is 407. The number of nitrogens with one attached hydrogen (secondary N) is 3. The molecule has 0 spiro atoms. The first-order chi connectivity index (χ1) is 9.72. The average Bonchev–Trinajstić information content (AvgIpc) is 2.46. The summed E-state index contributed by atoms with van der Waals surface area (Å²) in [7, 11) is 0. The second-order valence-electron chi connectivity index (χ2n) is 4.54. The van der Waals surface area contributed by atoms with E-state index in [2.05, 4.69) is 22.9 Å². The van der Waals surface area contributed by atoms with Gasteiger partial charge in [-0.2, -0.15) is 0 Å². The quantitative estimate of drug-likeness (QED) is 0.574. The van der Waals surface area contributed by atoms with Gasteiger partial charge in [0.1, 0.15) is 0 Å². The molecule has 5 heteroatoms. The smallest absolute Gasteiger partial charge is 0.239 e. The Kier molecular flexibility index (Phi) is 8.07. The second-order valence-corrected chi connectivity index (χ2v) is 4.54. The molecule has 0 bridgehead atoms. The van der Waals surface area contributed by atoms with Gasteiger partial charge >= 0.3 is 0 Å². The van der Waals surface area contributed by atoms with Crippen LogP contribution in [0.5, 0.6) is 0 Å². The molecule has 1 aromatic rings. The zero-order chi connectivity index (χ0) is 14.6. The monoisotopic (exact) mass is 277 g/mol. The molecule has 0 aliphatic carbocycles. The molecule has 0 unspecified atom stereocenters. The van der Waals surface area contributed by atoms with E-state index in [1.807, 2.05) is 30.3 Å². The van der Waals surface area contributed by atoms with Crippen LogP contribution in [-0.4, -0.2) is 38.0 Å². The van der Waals surface area contributed by atoms with E-state index in [0.29, 0.717) is 13.0 Å². The average molecular weight is 277 g/mol. The Morgan fingerprint density at radius 3 is 2.40 bits per heavy atom. The molecule has 0 aliphatic rings. The molecule has 0 aromatic heterocycles. The third kappa shape index (κ3) is 7.53. The Morgan fingerprint density at radius 1 is 0.950 bits per heavy atom. The lowest BCUT2D eigenvalue weighted by molar-refractivity contribution is -0.125. The maximum absolute atomic E-state index is 11.6. The lowest BCUT2D eigenvalue weighted by Gasteiger charge is -2.07. The van der Waals surface area contributed by atoms with Crippen molar-refractivity contribution in [1.82, 2.24) is 16.0 Å². The van der Waals surface area contributed by atoms with Crippen molar-refractivity contribution < 1.29 is 9.59 Å². The largest absolute Gasteiger partial charge is 0.353 e. The van der Waals surface area contributed by atoms with Crippen molar-refractivity contribution in [2.75, 3.05) is 26.2 Å². The number of benzene rings is 1. The van der Waals surface area contributed by atoms with Crippen LogP contribution in [0.2, 0.25) is 0 Å². The number of hydrogen-bond donors (Lipinski definition) is 3. The van der Waals surface area contributed by atoms with Gasteiger partial charge in [-0.25, -0.2) is 0 Å². The van der Waals surface area contributed by atoms with Gasteiger partial charge in [-0.3, -0.25) is 9.59 Å². The topological polar surface area (TPSA) is 70.2 Å². The first-order valence-corrected chi connectivity index (χ1v) is 7.00. The van der Waals surface area contributed by atoms with Gasteiger partial charge in [0, 0.05) is 13.1 Å². The lowest BCUT2D eigenvalue weighted by Crippen LogP contribution is -2.40. The predicted molar refractivity (Wildman–Crippen MR) is 79.3 cm³/mol. The van der Waals surface area contributed by atoms with Crippen LogP contribution in [0.3, 0.4) is 0 Å². The molecule has 1 rings (SSSR count). The molecule has 5 nitrogen and oxygen atoms in total. The van der Waals surface area contributed by atoms with Gasteiger partial charge in [0.2, 0.25) is 11.8 Å². The number of carbonyl (C=O) groups is 2. The third-order valence-electron chi connectivity index (χ3n) is 2.70. The SMILES string of the molecule is CCCNCCNC(=O)CNC(=O)Cc1ccccc1. The van der Waals surface area contributed by atoms with Crippen molar-refractivity contribution in [2.45, 2.75) is 19.8 Å². The van der Waals surface area contributed by atoms with Crippen molar-refractivity contribution in [1.29, 1.82) is 0 Å². The normalized spacial score (nSPS) is 10.1. The van der Waals surface area contributed by atoms with Gasteiger partial charge in [0.25, 0.3) is 0 Å². The summed E-state index contributed by atoms with van der Waals surface area (Å²) in [6, 6.07) is 9.46. The molecule has 0 aliphatic heterocycles. The number of carbonyl (C=O) groups excluding carboxylic acids is 2. The van der Waals surface area contributed by atoms with Crippen LogP contribution < -0.4 is 16.0 Å². The molecule has 0 saturated carbocycles. The second kappa shape index (κ2) is 9.97. The van der Waals surface area contributed by atoms with Gasteiger partial charge in [0.05, 0.1) is 13.0 Å². The Labute approximate surface area is 120 Å². The van der Waals surface area contributed by atoms with E-state index in [9.17, 15) is 9.59 Å². The molecule has 0 atom stereocenters. The van der Waals surface area contributed by atoms with E-state index in [0.717, 1.165) is 25.1 Å². The van der Waals surface area contributed by atoms with Gasteiger partial charge in [0.15, 0.2) is 0 Å². The summed E-state index contributed by atoms with van der Waals surface area (Å²) < 4.78 is 0. The fourth-order valence-electron chi connectivity index (χ4n) is 1.68. The lowest BCUT2D eigenvalue weighted by atomic mass is 10.1. The minimum atomic E-state index is -0.162. The molecule has 0 saturated heterocycles. The van der Waals surface area contributed by atoms with Crippen LogP contribution in [0.25, 0.3) is 0 Å². The molecule has 1 aromatic carbocycles. The van der Waals surface area contributed by atoms with Crippen LogP contribution in [0.15, 0.2) is 30.3 Å². The summed E-state index contributed by atoms with van der Waals surface area (Å²) in [6.07, 6.45) is 1.37. The van der Waals surface area contributed by atoms with Crippen molar-refractivity contribution in [3.05, 3.63) is 35.9 Å². The molecular weight excluding hydrogens is 254 g/mol. The Balaban J connectivity index is 2.10. The fourth-order valence-corrected chi connectivity index (χ4v) is 1.68. The van der Waals surface area contributed by atoms with E-state index < -0.39 is 0 Å². The summed E-state index contributed by atoms with van der Waals surface area (Å²) in [5.74, 6) is -0.305. The van der Waals surface area contributed by atoms with Crippen LogP contribution in [0.4, 0.5) is 0 Å². The van der Waals surface area contributed by atoms with Gasteiger partial charge in [-0.15, -0.1) is 0 Å². The third-order valence-corrected chi connectivity index (χ3v) is 2.70. The highest BCUT2D eigenvalue weighted by Crippen LogP contribution is 1.98. The van der Waals surface area contributed by atoms with E-state index in [1.54, 1.807) is 0 Å². The first kappa shape index (κ1) is 16.2.